The van der Waals surface area contributed by atoms with Crippen molar-refractivity contribution in [1.29, 1.82) is 0 Å². The lowest BCUT2D eigenvalue weighted by Gasteiger charge is -2.12. The molecule has 0 amide bonds. The van der Waals surface area contributed by atoms with Crippen molar-refractivity contribution in [2.45, 2.75) is 26.2 Å². The molecule has 0 unspecified atom stereocenters. The summed E-state index contributed by atoms with van der Waals surface area (Å²) >= 11 is 0. The minimum atomic E-state index is -1.17. The molecule has 4 nitrogen and oxygen atoms in total. The van der Waals surface area contributed by atoms with Crippen molar-refractivity contribution in [3.8, 4) is 11.1 Å². The van der Waals surface area contributed by atoms with Gasteiger partial charge in [-0.1, -0.05) is 29.8 Å². The van der Waals surface area contributed by atoms with Gasteiger partial charge in [0.2, 0.25) is 0 Å². The van der Waals surface area contributed by atoms with Gasteiger partial charge in [0, 0.05) is 11.3 Å². The number of aromatic amines is 1. The Labute approximate surface area is 116 Å². The third kappa shape index (κ3) is 1.93. The summed E-state index contributed by atoms with van der Waals surface area (Å²) in [7, 11) is 0. The molecule has 1 aromatic heterocycles. The van der Waals surface area contributed by atoms with Gasteiger partial charge in [0.1, 0.15) is 5.56 Å². The first-order chi connectivity index (χ1) is 9.58. The van der Waals surface area contributed by atoms with Crippen LogP contribution in [-0.2, 0) is 12.8 Å². The van der Waals surface area contributed by atoms with E-state index in [1.54, 1.807) is 0 Å². The molecule has 2 aromatic rings. The van der Waals surface area contributed by atoms with Gasteiger partial charge in [0.05, 0.1) is 0 Å². The second-order valence-electron chi connectivity index (χ2n) is 5.19. The molecule has 0 bridgehead atoms. The Bertz CT molecular complexity index is 742. The number of H-pyrrole nitrogens is 1. The lowest BCUT2D eigenvalue weighted by atomic mass is 9.94. The van der Waals surface area contributed by atoms with Crippen LogP contribution in [0.1, 0.15) is 33.6 Å². The number of carboxylic acids is 1. The first kappa shape index (κ1) is 12.7. The number of pyridine rings is 1. The zero-order valence-corrected chi connectivity index (χ0v) is 11.2. The molecular formula is C16H15NO3. The average Bonchev–Trinajstić information content (AvgIpc) is 2.85. The fourth-order valence-corrected chi connectivity index (χ4v) is 2.86. The zero-order valence-electron chi connectivity index (χ0n) is 11.2. The highest BCUT2D eigenvalue weighted by molar-refractivity contribution is 5.97. The molecule has 0 fully saturated rings. The smallest absolute Gasteiger partial charge is 0.341 e. The highest BCUT2D eigenvalue weighted by atomic mass is 16.4. The van der Waals surface area contributed by atoms with Gasteiger partial charge in [0.25, 0.3) is 5.56 Å². The van der Waals surface area contributed by atoms with Gasteiger partial charge >= 0.3 is 5.97 Å². The number of carbonyl (C=O) groups is 1. The van der Waals surface area contributed by atoms with E-state index in [1.807, 2.05) is 31.2 Å². The van der Waals surface area contributed by atoms with Crippen molar-refractivity contribution >= 4 is 5.97 Å². The summed E-state index contributed by atoms with van der Waals surface area (Å²) < 4.78 is 0. The molecule has 102 valence electrons. The van der Waals surface area contributed by atoms with Crippen LogP contribution in [0.4, 0.5) is 0 Å². The van der Waals surface area contributed by atoms with E-state index in [0.29, 0.717) is 5.56 Å². The molecule has 1 aliphatic rings. The lowest BCUT2D eigenvalue weighted by Crippen LogP contribution is -2.21. The molecule has 0 aliphatic heterocycles. The second kappa shape index (κ2) is 4.63. The van der Waals surface area contributed by atoms with Crippen LogP contribution in [0.3, 0.4) is 0 Å². The number of nitrogens with one attached hydrogen (secondary N) is 1. The van der Waals surface area contributed by atoms with Gasteiger partial charge < -0.3 is 10.1 Å². The van der Waals surface area contributed by atoms with E-state index >= 15 is 0 Å². The van der Waals surface area contributed by atoms with Crippen molar-refractivity contribution < 1.29 is 9.90 Å². The Morgan fingerprint density at radius 3 is 2.55 bits per heavy atom. The van der Waals surface area contributed by atoms with E-state index in [9.17, 15) is 14.7 Å². The lowest BCUT2D eigenvalue weighted by molar-refractivity contribution is 0.0695. The van der Waals surface area contributed by atoms with Crippen LogP contribution in [0.25, 0.3) is 11.1 Å². The fourth-order valence-electron chi connectivity index (χ4n) is 2.86. The minimum absolute atomic E-state index is 0.144. The summed E-state index contributed by atoms with van der Waals surface area (Å²) in [4.78, 5) is 26.2. The third-order valence-electron chi connectivity index (χ3n) is 3.82. The van der Waals surface area contributed by atoms with E-state index in [1.165, 1.54) is 0 Å². The van der Waals surface area contributed by atoms with Crippen LogP contribution in [0.2, 0.25) is 0 Å². The van der Waals surface area contributed by atoms with E-state index in [4.69, 9.17) is 0 Å². The molecule has 1 heterocycles. The fraction of sp³-hybridized carbons (Fsp3) is 0.250. The molecule has 1 aromatic carbocycles. The number of rotatable bonds is 2. The Balaban J connectivity index is 2.35. The topological polar surface area (TPSA) is 70.2 Å². The SMILES string of the molecule is Cc1ccc(-c2c3c([nH]c(=O)c2C(=O)O)CCC3)cc1. The number of aromatic carboxylic acids is 1. The maximum Gasteiger partial charge on any atom is 0.341 e. The molecule has 0 radical (unpaired) electrons. The number of benzene rings is 1. The predicted octanol–water partition coefficient (Wildman–Crippen LogP) is 2.54. The normalized spacial score (nSPS) is 13.2. The van der Waals surface area contributed by atoms with Crippen LogP contribution in [-0.4, -0.2) is 16.1 Å². The van der Waals surface area contributed by atoms with Gasteiger partial charge in [-0.25, -0.2) is 4.79 Å². The Morgan fingerprint density at radius 2 is 1.90 bits per heavy atom. The molecule has 3 rings (SSSR count). The van der Waals surface area contributed by atoms with Crippen LogP contribution in [0.15, 0.2) is 29.1 Å². The summed E-state index contributed by atoms with van der Waals surface area (Å²) in [5.74, 6) is -1.17. The van der Waals surface area contributed by atoms with Gasteiger partial charge in [-0.05, 0) is 37.3 Å². The summed E-state index contributed by atoms with van der Waals surface area (Å²) in [5, 5.41) is 9.37. The molecular weight excluding hydrogens is 254 g/mol. The Kier molecular flexibility index (Phi) is 2.93. The summed E-state index contributed by atoms with van der Waals surface area (Å²) in [6.07, 6.45) is 2.58. The molecule has 0 saturated carbocycles. The van der Waals surface area contributed by atoms with Gasteiger partial charge in [-0.2, -0.15) is 0 Å². The molecule has 20 heavy (non-hydrogen) atoms. The second-order valence-corrected chi connectivity index (χ2v) is 5.19. The monoisotopic (exact) mass is 269 g/mol. The number of carboxylic acid groups (broad SMARTS) is 1. The standard InChI is InChI=1S/C16H15NO3/c1-9-5-7-10(8-6-9)13-11-3-2-4-12(11)17-15(18)14(13)16(19)20/h5-8H,2-4H2,1H3,(H,17,18)(H,19,20). The van der Waals surface area contributed by atoms with Crippen molar-refractivity contribution in [3.05, 3.63) is 57.0 Å². The zero-order chi connectivity index (χ0) is 14.3. The van der Waals surface area contributed by atoms with E-state index < -0.39 is 11.5 Å². The molecule has 1 aliphatic carbocycles. The molecule has 0 atom stereocenters. The Hall–Kier alpha value is -2.36. The highest BCUT2D eigenvalue weighted by Crippen LogP contribution is 2.32. The largest absolute Gasteiger partial charge is 0.477 e. The first-order valence-corrected chi connectivity index (χ1v) is 6.66. The summed E-state index contributed by atoms with van der Waals surface area (Å²) in [5.41, 5.74) is 3.71. The van der Waals surface area contributed by atoms with E-state index in [2.05, 4.69) is 4.98 Å². The average molecular weight is 269 g/mol. The number of hydrogen-bond acceptors (Lipinski definition) is 2. The number of aromatic nitrogens is 1. The molecule has 0 spiro atoms. The van der Waals surface area contributed by atoms with Crippen molar-refractivity contribution in [2.24, 2.45) is 0 Å². The van der Waals surface area contributed by atoms with Crippen LogP contribution in [0.5, 0.6) is 0 Å². The maximum absolute atomic E-state index is 12.0. The number of aryl methyl sites for hydroxylation is 2. The minimum Gasteiger partial charge on any atom is -0.477 e. The predicted molar refractivity (Wildman–Crippen MR) is 76.2 cm³/mol. The third-order valence-corrected chi connectivity index (χ3v) is 3.82. The number of hydrogen-bond donors (Lipinski definition) is 2. The molecule has 0 saturated heterocycles. The summed E-state index contributed by atoms with van der Waals surface area (Å²) in [6.45, 7) is 1.98. The van der Waals surface area contributed by atoms with Crippen molar-refractivity contribution in [1.82, 2.24) is 4.98 Å². The van der Waals surface area contributed by atoms with Gasteiger partial charge in [-0.15, -0.1) is 0 Å². The van der Waals surface area contributed by atoms with Gasteiger partial charge in [-0.3, -0.25) is 4.79 Å². The maximum atomic E-state index is 12.0. The highest BCUT2D eigenvalue weighted by Gasteiger charge is 2.25. The quantitative estimate of drug-likeness (QED) is 0.880. The Morgan fingerprint density at radius 1 is 1.20 bits per heavy atom. The van der Waals surface area contributed by atoms with Crippen LogP contribution >= 0.6 is 0 Å². The number of fused-ring (bicyclic) bond motifs is 1. The van der Waals surface area contributed by atoms with Crippen molar-refractivity contribution in [3.63, 3.8) is 0 Å². The molecule has 2 N–H and O–H groups in total. The van der Waals surface area contributed by atoms with Gasteiger partial charge in [0.15, 0.2) is 0 Å². The first-order valence-electron chi connectivity index (χ1n) is 6.66. The van der Waals surface area contributed by atoms with Crippen molar-refractivity contribution in [2.75, 3.05) is 0 Å². The van der Waals surface area contributed by atoms with Crippen LogP contribution < -0.4 is 5.56 Å². The van der Waals surface area contributed by atoms with Crippen LogP contribution in [0, 0.1) is 6.92 Å². The summed E-state index contributed by atoms with van der Waals surface area (Å²) in [6, 6.07) is 7.64. The van der Waals surface area contributed by atoms with E-state index in [0.717, 1.165) is 41.6 Å². The van der Waals surface area contributed by atoms with E-state index in [-0.39, 0.29) is 5.56 Å². The molecule has 4 heteroatoms.